The molecule has 0 radical (unpaired) electrons. The van der Waals surface area contributed by atoms with Crippen LogP contribution in [0.3, 0.4) is 0 Å². The second kappa shape index (κ2) is 3.82. The van der Waals surface area contributed by atoms with Crippen LogP contribution in [0.2, 0.25) is 5.02 Å². The standard InChI is InChI=1S/C12H15ClN2O/c13-9-2-1-3-10-11(9)15-12(8-14-10)4-6-16-7-5-12/h1-3,14-15H,4-8H2. The summed E-state index contributed by atoms with van der Waals surface area (Å²) in [5, 5.41) is 7.86. The third-order valence-electron chi connectivity index (χ3n) is 3.47. The Kier molecular flexibility index (Phi) is 2.45. The van der Waals surface area contributed by atoms with Gasteiger partial charge in [0.05, 0.1) is 21.9 Å². The van der Waals surface area contributed by atoms with Gasteiger partial charge in [-0.15, -0.1) is 0 Å². The van der Waals surface area contributed by atoms with E-state index < -0.39 is 0 Å². The molecule has 3 nitrogen and oxygen atoms in total. The molecular weight excluding hydrogens is 224 g/mol. The molecule has 0 aliphatic carbocycles. The molecule has 1 spiro atoms. The molecule has 2 heterocycles. The molecule has 3 rings (SSSR count). The Morgan fingerprint density at radius 2 is 2.06 bits per heavy atom. The molecule has 2 aliphatic heterocycles. The highest BCUT2D eigenvalue weighted by atomic mass is 35.5. The van der Waals surface area contributed by atoms with E-state index in [4.69, 9.17) is 16.3 Å². The summed E-state index contributed by atoms with van der Waals surface area (Å²) in [6.45, 7) is 2.60. The molecule has 0 atom stereocenters. The van der Waals surface area contributed by atoms with Crippen molar-refractivity contribution in [2.45, 2.75) is 18.4 Å². The van der Waals surface area contributed by atoms with Gasteiger partial charge in [0.25, 0.3) is 0 Å². The third-order valence-corrected chi connectivity index (χ3v) is 3.79. The zero-order chi connectivity index (χ0) is 11.0. The molecule has 0 aromatic heterocycles. The summed E-state index contributed by atoms with van der Waals surface area (Å²) >= 11 is 6.21. The number of rotatable bonds is 0. The van der Waals surface area contributed by atoms with Crippen LogP contribution in [-0.2, 0) is 4.74 Å². The van der Waals surface area contributed by atoms with Gasteiger partial charge in [0.1, 0.15) is 0 Å². The molecule has 86 valence electrons. The fraction of sp³-hybridized carbons (Fsp3) is 0.500. The molecular formula is C12H15ClN2O. The normalized spacial score (nSPS) is 22.1. The lowest BCUT2D eigenvalue weighted by molar-refractivity contribution is 0.0635. The Labute approximate surface area is 100 Å². The van der Waals surface area contributed by atoms with Gasteiger partial charge in [0.15, 0.2) is 0 Å². The van der Waals surface area contributed by atoms with Crippen molar-refractivity contribution in [1.82, 2.24) is 0 Å². The number of ether oxygens (including phenoxy) is 1. The minimum atomic E-state index is 0.121. The van der Waals surface area contributed by atoms with Crippen molar-refractivity contribution >= 4 is 23.0 Å². The van der Waals surface area contributed by atoms with Gasteiger partial charge in [0, 0.05) is 19.8 Å². The summed E-state index contributed by atoms with van der Waals surface area (Å²) in [5.41, 5.74) is 2.26. The summed E-state index contributed by atoms with van der Waals surface area (Å²) in [4.78, 5) is 0. The maximum Gasteiger partial charge on any atom is 0.0770 e. The summed E-state index contributed by atoms with van der Waals surface area (Å²) in [6, 6.07) is 5.95. The van der Waals surface area contributed by atoms with Crippen molar-refractivity contribution in [2.75, 3.05) is 30.4 Å². The van der Waals surface area contributed by atoms with Crippen molar-refractivity contribution in [3.05, 3.63) is 23.2 Å². The summed E-state index contributed by atoms with van der Waals surface area (Å²) in [7, 11) is 0. The molecule has 0 saturated carbocycles. The Morgan fingerprint density at radius 1 is 1.25 bits per heavy atom. The lowest BCUT2D eigenvalue weighted by Gasteiger charge is -2.43. The number of halogens is 1. The number of anilines is 2. The quantitative estimate of drug-likeness (QED) is 0.729. The molecule has 0 amide bonds. The highest BCUT2D eigenvalue weighted by Gasteiger charge is 2.36. The van der Waals surface area contributed by atoms with Crippen LogP contribution in [0.15, 0.2) is 18.2 Å². The molecule has 1 aromatic carbocycles. The Hall–Kier alpha value is -0.930. The maximum atomic E-state index is 6.21. The van der Waals surface area contributed by atoms with Crippen LogP contribution >= 0.6 is 11.6 Å². The van der Waals surface area contributed by atoms with Gasteiger partial charge in [-0.2, -0.15) is 0 Å². The smallest absolute Gasteiger partial charge is 0.0770 e. The molecule has 0 bridgehead atoms. The average molecular weight is 239 g/mol. The van der Waals surface area contributed by atoms with Gasteiger partial charge in [-0.25, -0.2) is 0 Å². The van der Waals surface area contributed by atoms with E-state index in [0.717, 1.165) is 49.0 Å². The largest absolute Gasteiger partial charge is 0.381 e. The number of benzene rings is 1. The molecule has 0 unspecified atom stereocenters. The van der Waals surface area contributed by atoms with Crippen molar-refractivity contribution in [1.29, 1.82) is 0 Å². The number of nitrogens with one attached hydrogen (secondary N) is 2. The number of para-hydroxylation sites is 1. The van der Waals surface area contributed by atoms with Crippen molar-refractivity contribution in [3.8, 4) is 0 Å². The maximum absolute atomic E-state index is 6.21. The highest BCUT2D eigenvalue weighted by Crippen LogP contribution is 2.39. The zero-order valence-electron chi connectivity index (χ0n) is 9.05. The Morgan fingerprint density at radius 3 is 2.88 bits per heavy atom. The first-order chi connectivity index (χ1) is 7.79. The topological polar surface area (TPSA) is 33.3 Å². The lowest BCUT2D eigenvalue weighted by Crippen LogP contribution is -2.51. The molecule has 1 aromatic rings. The minimum absolute atomic E-state index is 0.121. The van der Waals surface area contributed by atoms with E-state index in [1.807, 2.05) is 12.1 Å². The van der Waals surface area contributed by atoms with Crippen LogP contribution in [0.25, 0.3) is 0 Å². The minimum Gasteiger partial charge on any atom is -0.381 e. The van der Waals surface area contributed by atoms with Gasteiger partial charge >= 0.3 is 0 Å². The first kappa shape index (κ1) is 10.2. The highest BCUT2D eigenvalue weighted by molar-refractivity contribution is 6.34. The monoisotopic (exact) mass is 238 g/mol. The molecule has 1 fully saturated rings. The van der Waals surface area contributed by atoms with E-state index in [9.17, 15) is 0 Å². The van der Waals surface area contributed by atoms with E-state index in [-0.39, 0.29) is 5.54 Å². The number of hydrogen-bond donors (Lipinski definition) is 2. The fourth-order valence-corrected chi connectivity index (χ4v) is 2.66. The van der Waals surface area contributed by atoms with Crippen LogP contribution in [0.4, 0.5) is 11.4 Å². The van der Waals surface area contributed by atoms with Crippen LogP contribution in [0.5, 0.6) is 0 Å². The molecule has 2 aliphatic rings. The first-order valence-electron chi connectivity index (χ1n) is 5.67. The molecule has 2 N–H and O–H groups in total. The second-order valence-corrected chi connectivity index (χ2v) is 4.94. The van der Waals surface area contributed by atoms with Crippen LogP contribution < -0.4 is 10.6 Å². The predicted molar refractivity (Wildman–Crippen MR) is 66.3 cm³/mol. The molecule has 16 heavy (non-hydrogen) atoms. The van der Waals surface area contributed by atoms with E-state index in [1.54, 1.807) is 0 Å². The van der Waals surface area contributed by atoms with Gasteiger partial charge in [-0.1, -0.05) is 17.7 Å². The number of fused-ring (bicyclic) bond motifs is 1. The van der Waals surface area contributed by atoms with E-state index in [2.05, 4.69) is 16.7 Å². The van der Waals surface area contributed by atoms with E-state index in [1.165, 1.54) is 0 Å². The average Bonchev–Trinajstić information content (AvgIpc) is 2.32. The fourth-order valence-electron chi connectivity index (χ4n) is 2.44. The number of hydrogen-bond acceptors (Lipinski definition) is 3. The Balaban J connectivity index is 1.92. The summed E-state index contributed by atoms with van der Waals surface area (Å²) in [5.74, 6) is 0. The van der Waals surface area contributed by atoms with Gasteiger partial charge < -0.3 is 15.4 Å². The van der Waals surface area contributed by atoms with E-state index in [0.29, 0.717) is 0 Å². The SMILES string of the molecule is Clc1cccc2c1NC1(CCOCC1)CN2. The van der Waals surface area contributed by atoms with Crippen LogP contribution in [0, 0.1) is 0 Å². The third kappa shape index (κ3) is 1.64. The van der Waals surface area contributed by atoms with Crippen molar-refractivity contribution in [2.24, 2.45) is 0 Å². The van der Waals surface area contributed by atoms with Gasteiger partial charge in [-0.05, 0) is 25.0 Å². The van der Waals surface area contributed by atoms with Crippen molar-refractivity contribution in [3.63, 3.8) is 0 Å². The Bertz CT molecular complexity index is 402. The second-order valence-electron chi connectivity index (χ2n) is 4.53. The summed E-state index contributed by atoms with van der Waals surface area (Å²) in [6.07, 6.45) is 2.06. The van der Waals surface area contributed by atoms with Gasteiger partial charge in [-0.3, -0.25) is 0 Å². The molecule has 4 heteroatoms. The lowest BCUT2D eigenvalue weighted by atomic mass is 9.87. The zero-order valence-corrected chi connectivity index (χ0v) is 9.81. The van der Waals surface area contributed by atoms with Crippen molar-refractivity contribution < 1.29 is 4.74 Å². The summed E-state index contributed by atoms with van der Waals surface area (Å²) < 4.78 is 5.41. The predicted octanol–water partition coefficient (Wildman–Crippen LogP) is 2.73. The van der Waals surface area contributed by atoms with Crippen LogP contribution in [0.1, 0.15) is 12.8 Å². The van der Waals surface area contributed by atoms with Gasteiger partial charge in [0.2, 0.25) is 0 Å². The first-order valence-corrected chi connectivity index (χ1v) is 6.05. The van der Waals surface area contributed by atoms with Crippen LogP contribution in [-0.4, -0.2) is 25.3 Å². The molecule has 1 saturated heterocycles. The van der Waals surface area contributed by atoms with E-state index >= 15 is 0 Å².